The maximum absolute atomic E-state index is 5.25. The van der Waals surface area contributed by atoms with Gasteiger partial charge in [0.05, 0.1) is 5.71 Å². The van der Waals surface area contributed by atoms with Crippen molar-refractivity contribution in [2.75, 3.05) is 5.75 Å². The van der Waals surface area contributed by atoms with E-state index in [0.717, 1.165) is 17.2 Å². The number of nitrogens with zero attached hydrogens (tertiary/aromatic N) is 2. The van der Waals surface area contributed by atoms with E-state index in [2.05, 4.69) is 48.3 Å². The molecule has 0 spiro atoms. The summed E-state index contributed by atoms with van der Waals surface area (Å²) >= 11 is 1.91. The number of hydrogen-bond donors (Lipinski definition) is 2. The van der Waals surface area contributed by atoms with Crippen molar-refractivity contribution in [3.8, 4) is 0 Å². The first-order chi connectivity index (χ1) is 9.56. The van der Waals surface area contributed by atoms with Crippen molar-refractivity contribution in [1.29, 1.82) is 0 Å². The van der Waals surface area contributed by atoms with Gasteiger partial charge in [-0.1, -0.05) is 38.8 Å². The van der Waals surface area contributed by atoms with Gasteiger partial charge in [0.2, 0.25) is 5.96 Å². The van der Waals surface area contributed by atoms with E-state index in [1.54, 1.807) is 0 Å². The van der Waals surface area contributed by atoms with E-state index in [4.69, 9.17) is 11.5 Å². The molecule has 4 nitrogen and oxygen atoms in total. The highest BCUT2D eigenvalue weighted by atomic mass is 32.2. The summed E-state index contributed by atoms with van der Waals surface area (Å²) in [7, 11) is 0. The predicted molar refractivity (Wildman–Crippen MR) is 89.3 cm³/mol. The summed E-state index contributed by atoms with van der Waals surface area (Å²) in [6.07, 6.45) is 2.48. The molecule has 0 aliphatic heterocycles. The molecule has 1 aromatic rings. The minimum atomic E-state index is -0.0262. The Labute approximate surface area is 125 Å². The van der Waals surface area contributed by atoms with Crippen LogP contribution >= 0.6 is 11.8 Å². The van der Waals surface area contributed by atoms with E-state index in [0.29, 0.717) is 0 Å². The standard InChI is InChI=1S/C15H24N4S/c1-4-12(5-2)10-20-14-8-6-13(7-9-14)11(3)18-19-15(16)17/h6-9,12H,4-5,10H2,1-3H3,(H4,16,17,19)/b18-11+. The Hall–Kier alpha value is -1.49. The molecular formula is C15H24N4S. The van der Waals surface area contributed by atoms with Gasteiger partial charge >= 0.3 is 0 Å². The molecule has 0 bridgehead atoms. The molecule has 0 aliphatic carbocycles. The maximum atomic E-state index is 5.25. The second-order valence-electron chi connectivity index (χ2n) is 4.73. The van der Waals surface area contributed by atoms with Gasteiger partial charge in [0, 0.05) is 10.6 Å². The SMILES string of the molecule is CCC(CC)CSc1ccc(/C(C)=N/N=C(N)N)cc1. The summed E-state index contributed by atoms with van der Waals surface area (Å²) in [6.45, 7) is 6.39. The molecule has 1 aromatic carbocycles. The second kappa shape index (κ2) is 8.64. The Bertz CT molecular complexity index is 457. The Kier molecular flexibility index (Phi) is 7.15. The molecule has 0 aromatic heterocycles. The van der Waals surface area contributed by atoms with Crippen LogP contribution in [0, 0.1) is 5.92 Å². The van der Waals surface area contributed by atoms with Crippen molar-refractivity contribution < 1.29 is 0 Å². The van der Waals surface area contributed by atoms with Crippen molar-refractivity contribution in [1.82, 2.24) is 0 Å². The quantitative estimate of drug-likeness (QED) is 0.350. The van der Waals surface area contributed by atoms with E-state index < -0.39 is 0 Å². The van der Waals surface area contributed by atoms with Gasteiger partial charge in [0.15, 0.2) is 0 Å². The second-order valence-corrected chi connectivity index (χ2v) is 5.82. The molecule has 110 valence electrons. The average Bonchev–Trinajstić information content (AvgIpc) is 2.46. The lowest BCUT2D eigenvalue weighted by molar-refractivity contribution is 0.554. The third-order valence-electron chi connectivity index (χ3n) is 3.23. The zero-order valence-electron chi connectivity index (χ0n) is 12.5. The number of nitrogens with two attached hydrogens (primary N) is 2. The normalized spacial score (nSPS) is 11.7. The number of benzene rings is 1. The molecule has 0 saturated carbocycles. The van der Waals surface area contributed by atoms with E-state index >= 15 is 0 Å². The average molecular weight is 292 g/mol. The van der Waals surface area contributed by atoms with Crippen LogP contribution < -0.4 is 11.5 Å². The highest BCUT2D eigenvalue weighted by Crippen LogP contribution is 2.24. The molecule has 1 rings (SSSR count). The number of hydrogen-bond acceptors (Lipinski definition) is 3. The van der Waals surface area contributed by atoms with E-state index in [1.807, 2.05) is 18.7 Å². The summed E-state index contributed by atoms with van der Waals surface area (Å²) in [5.74, 6) is 1.94. The van der Waals surface area contributed by atoms with Crippen LogP contribution in [0.25, 0.3) is 0 Å². The first-order valence-corrected chi connectivity index (χ1v) is 7.91. The van der Waals surface area contributed by atoms with Gasteiger partial charge in [-0.05, 0) is 30.5 Å². The fourth-order valence-corrected chi connectivity index (χ4v) is 2.95. The Morgan fingerprint density at radius 2 is 1.70 bits per heavy atom. The minimum Gasteiger partial charge on any atom is -0.369 e. The van der Waals surface area contributed by atoms with Crippen LogP contribution in [0.4, 0.5) is 0 Å². The van der Waals surface area contributed by atoms with Crippen LogP contribution in [0.2, 0.25) is 0 Å². The molecule has 0 aliphatic rings. The van der Waals surface area contributed by atoms with Gasteiger partial charge in [-0.25, -0.2) is 0 Å². The van der Waals surface area contributed by atoms with Gasteiger partial charge < -0.3 is 11.5 Å². The zero-order chi connectivity index (χ0) is 15.0. The van der Waals surface area contributed by atoms with Crippen molar-refractivity contribution in [3.05, 3.63) is 29.8 Å². The van der Waals surface area contributed by atoms with E-state index in [9.17, 15) is 0 Å². The molecule has 5 heteroatoms. The van der Waals surface area contributed by atoms with Crippen molar-refractivity contribution in [2.24, 2.45) is 27.6 Å². The lowest BCUT2D eigenvalue weighted by Gasteiger charge is -2.11. The molecule has 0 atom stereocenters. The highest BCUT2D eigenvalue weighted by Gasteiger charge is 2.05. The maximum Gasteiger partial charge on any atom is 0.211 e. The van der Waals surface area contributed by atoms with Gasteiger partial charge in [0.25, 0.3) is 0 Å². The number of guanidine groups is 1. The molecule has 0 amide bonds. The molecule has 0 heterocycles. The molecule has 20 heavy (non-hydrogen) atoms. The first-order valence-electron chi connectivity index (χ1n) is 6.93. The predicted octanol–water partition coefficient (Wildman–Crippen LogP) is 3.21. The lowest BCUT2D eigenvalue weighted by Crippen LogP contribution is -2.22. The highest BCUT2D eigenvalue weighted by molar-refractivity contribution is 7.99. The Morgan fingerprint density at radius 1 is 1.10 bits per heavy atom. The monoisotopic (exact) mass is 292 g/mol. The molecule has 0 unspecified atom stereocenters. The fraction of sp³-hybridized carbons (Fsp3) is 0.467. The van der Waals surface area contributed by atoms with Crippen molar-refractivity contribution in [3.63, 3.8) is 0 Å². The van der Waals surface area contributed by atoms with Gasteiger partial charge in [-0.2, -0.15) is 5.10 Å². The van der Waals surface area contributed by atoms with Crippen LogP contribution in [-0.2, 0) is 0 Å². The Morgan fingerprint density at radius 3 is 2.20 bits per heavy atom. The summed E-state index contributed by atoms with van der Waals surface area (Å²) in [6, 6.07) is 8.35. The number of thioether (sulfide) groups is 1. The summed E-state index contributed by atoms with van der Waals surface area (Å²) in [4.78, 5) is 1.29. The molecule has 0 saturated heterocycles. The van der Waals surface area contributed by atoms with E-state index in [1.165, 1.54) is 23.5 Å². The summed E-state index contributed by atoms with van der Waals surface area (Å²) in [5.41, 5.74) is 12.3. The molecule has 0 fully saturated rings. The van der Waals surface area contributed by atoms with Gasteiger partial charge in [0.1, 0.15) is 0 Å². The molecule has 0 radical (unpaired) electrons. The van der Waals surface area contributed by atoms with Crippen LogP contribution in [-0.4, -0.2) is 17.4 Å². The smallest absolute Gasteiger partial charge is 0.211 e. The topological polar surface area (TPSA) is 76.8 Å². The van der Waals surface area contributed by atoms with Crippen LogP contribution in [0.5, 0.6) is 0 Å². The lowest BCUT2D eigenvalue weighted by atomic mass is 10.1. The minimum absolute atomic E-state index is 0.0262. The third-order valence-corrected chi connectivity index (χ3v) is 4.47. The van der Waals surface area contributed by atoms with Crippen LogP contribution in [0.15, 0.2) is 39.4 Å². The molecular weight excluding hydrogens is 268 g/mol. The first kappa shape index (κ1) is 16.6. The van der Waals surface area contributed by atoms with E-state index in [-0.39, 0.29) is 5.96 Å². The van der Waals surface area contributed by atoms with Gasteiger partial charge in [-0.3, -0.25) is 0 Å². The number of rotatable bonds is 7. The summed E-state index contributed by atoms with van der Waals surface area (Å²) < 4.78 is 0. The largest absolute Gasteiger partial charge is 0.369 e. The Balaban J connectivity index is 2.64. The fourth-order valence-electron chi connectivity index (χ4n) is 1.72. The third kappa shape index (κ3) is 5.65. The zero-order valence-corrected chi connectivity index (χ0v) is 13.3. The van der Waals surface area contributed by atoms with Crippen molar-refractivity contribution >= 4 is 23.4 Å². The van der Waals surface area contributed by atoms with Gasteiger partial charge in [-0.15, -0.1) is 16.9 Å². The molecule has 4 N–H and O–H groups in total. The van der Waals surface area contributed by atoms with Crippen LogP contribution in [0.3, 0.4) is 0 Å². The van der Waals surface area contributed by atoms with Crippen molar-refractivity contribution in [2.45, 2.75) is 38.5 Å². The summed E-state index contributed by atoms with van der Waals surface area (Å²) in [5, 5.41) is 7.63. The van der Waals surface area contributed by atoms with Crippen LogP contribution in [0.1, 0.15) is 39.2 Å².